The molecule has 0 aliphatic heterocycles. The van der Waals surface area contributed by atoms with Crippen LogP contribution < -0.4 is 5.32 Å². The number of nitrogens with one attached hydrogen (secondary N) is 1. The van der Waals surface area contributed by atoms with E-state index in [4.69, 9.17) is 0 Å². The van der Waals surface area contributed by atoms with E-state index in [-0.39, 0.29) is 6.04 Å². The Balaban J connectivity index is 2.69. The smallest absolute Gasteiger partial charge is 0.313 e. The van der Waals surface area contributed by atoms with Gasteiger partial charge in [0.25, 0.3) is 0 Å². The molecule has 1 unspecified atom stereocenters. The first-order valence-corrected chi connectivity index (χ1v) is 6.76. The first-order chi connectivity index (χ1) is 9.47. The molecule has 0 amide bonds. The molecule has 0 aliphatic carbocycles. The van der Waals surface area contributed by atoms with Gasteiger partial charge in [0, 0.05) is 12.5 Å². The molecule has 1 atom stereocenters. The van der Waals surface area contributed by atoms with Crippen LogP contribution in [0.5, 0.6) is 0 Å². The summed E-state index contributed by atoms with van der Waals surface area (Å²) >= 11 is 0. The monoisotopic (exact) mass is 283 g/mol. The number of hydrogen-bond acceptors (Lipinski definition) is 1. The Hall–Kier alpha value is -1.47. The van der Waals surface area contributed by atoms with Gasteiger partial charge in [-0.15, -0.1) is 11.8 Å². The summed E-state index contributed by atoms with van der Waals surface area (Å²) < 4.78 is 37.5. The lowest BCUT2D eigenvalue weighted by Gasteiger charge is -2.16. The third-order valence-electron chi connectivity index (χ3n) is 2.97. The van der Waals surface area contributed by atoms with Crippen molar-refractivity contribution < 1.29 is 13.2 Å². The molecule has 0 aromatic heterocycles. The molecule has 110 valence electrons. The highest BCUT2D eigenvalue weighted by atomic mass is 19.4. The van der Waals surface area contributed by atoms with Crippen LogP contribution in [0.15, 0.2) is 24.3 Å². The summed E-state index contributed by atoms with van der Waals surface area (Å²) in [6.45, 7) is 4.75. The summed E-state index contributed by atoms with van der Waals surface area (Å²) in [6.07, 6.45) is -1.86. The second-order valence-electron chi connectivity index (χ2n) is 4.68. The number of benzene rings is 1. The molecular weight excluding hydrogens is 263 g/mol. The fourth-order valence-electron chi connectivity index (χ4n) is 1.90. The quantitative estimate of drug-likeness (QED) is 0.777. The van der Waals surface area contributed by atoms with E-state index in [0.29, 0.717) is 12.8 Å². The highest BCUT2D eigenvalue weighted by Crippen LogP contribution is 2.29. The van der Waals surface area contributed by atoms with Crippen molar-refractivity contribution in [1.82, 2.24) is 5.32 Å². The lowest BCUT2D eigenvalue weighted by atomic mass is 10.0. The minimum Gasteiger partial charge on any atom is -0.313 e. The maximum absolute atomic E-state index is 12.5. The van der Waals surface area contributed by atoms with E-state index in [1.807, 2.05) is 0 Å². The fourth-order valence-corrected chi connectivity index (χ4v) is 1.90. The standard InChI is InChI=1S/C16H20F3N/c1-3-5-6-15(20-11-4-2)12-13-7-9-14(10-8-13)16(17,18)19/h7-10,15,20H,4,6,11-12H2,1-2H3. The van der Waals surface area contributed by atoms with Gasteiger partial charge in [-0.2, -0.15) is 13.2 Å². The molecule has 0 heterocycles. The summed E-state index contributed by atoms with van der Waals surface area (Å²) in [7, 11) is 0. The zero-order valence-electron chi connectivity index (χ0n) is 11.8. The minimum atomic E-state index is -4.27. The zero-order chi connectivity index (χ0) is 15.0. The number of rotatable bonds is 6. The van der Waals surface area contributed by atoms with E-state index in [1.54, 1.807) is 19.1 Å². The predicted molar refractivity (Wildman–Crippen MR) is 75.3 cm³/mol. The highest BCUT2D eigenvalue weighted by Gasteiger charge is 2.29. The van der Waals surface area contributed by atoms with E-state index in [1.165, 1.54) is 0 Å². The van der Waals surface area contributed by atoms with Crippen molar-refractivity contribution in [3.8, 4) is 11.8 Å². The molecule has 1 nitrogen and oxygen atoms in total. The largest absolute Gasteiger partial charge is 0.416 e. The van der Waals surface area contributed by atoms with Gasteiger partial charge in [0.1, 0.15) is 0 Å². The fraction of sp³-hybridized carbons (Fsp3) is 0.500. The van der Waals surface area contributed by atoms with Crippen molar-refractivity contribution in [1.29, 1.82) is 0 Å². The molecule has 1 N–H and O–H groups in total. The second-order valence-corrected chi connectivity index (χ2v) is 4.68. The lowest BCUT2D eigenvalue weighted by molar-refractivity contribution is -0.137. The molecule has 1 aromatic carbocycles. The van der Waals surface area contributed by atoms with Gasteiger partial charge in [-0.3, -0.25) is 0 Å². The van der Waals surface area contributed by atoms with Crippen LogP contribution in [0.25, 0.3) is 0 Å². The van der Waals surface area contributed by atoms with Crippen LogP contribution in [0, 0.1) is 11.8 Å². The number of halogens is 3. The highest BCUT2D eigenvalue weighted by molar-refractivity contribution is 5.25. The summed E-state index contributed by atoms with van der Waals surface area (Å²) in [6, 6.07) is 5.54. The molecule has 1 aromatic rings. The third kappa shape index (κ3) is 5.66. The molecule has 0 aliphatic rings. The van der Waals surface area contributed by atoms with Crippen LogP contribution in [0.1, 0.15) is 37.8 Å². The topological polar surface area (TPSA) is 12.0 Å². The lowest BCUT2D eigenvalue weighted by Crippen LogP contribution is -2.31. The van der Waals surface area contributed by atoms with E-state index >= 15 is 0 Å². The van der Waals surface area contributed by atoms with Gasteiger partial charge in [0.05, 0.1) is 5.56 Å². The molecule has 4 heteroatoms. The molecule has 0 spiro atoms. The molecule has 0 saturated carbocycles. The van der Waals surface area contributed by atoms with Crippen molar-refractivity contribution in [2.75, 3.05) is 6.54 Å². The van der Waals surface area contributed by atoms with Crippen LogP contribution in [0.3, 0.4) is 0 Å². The first-order valence-electron chi connectivity index (χ1n) is 6.76. The zero-order valence-corrected chi connectivity index (χ0v) is 11.8. The van der Waals surface area contributed by atoms with Crippen LogP contribution in [-0.2, 0) is 12.6 Å². The van der Waals surface area contributed by atoms with Crippen LogP contribution in [0.4, 0.5) is 13.2 Å². The summed E-state index contributed by atoms with van der Waals surface area (Å²) in [4.78, 5) is 0. The summed E-state index contributed by atoms with van der Waals surface area (Å²) in [5, 5.41) is 3.37. The second kappa shape index (κ2) is 7.96. The minimum absolute atomic E-state index is 0.180. The van der Waals surface area contributed by atoms with Crippen molar-refractivity contribution >= 4 is 0 Å². The van der Waals surface area contributed by atoms with Gasteiger partial charge in [0.2, 0.25) is 0 Å². The Morgan fingerprint density at radius 2 is 1.85 bits per heavy atom. The predicted octanol–water partition coefficient (Wildman–Crippen LogP) is 4.03. The molecule has 0 saturated heterocycles. The molecule has 0 fully saturated rings. The maximum atomic E-state index is 12.5. The summed E-state index contributed by atoms with van der Waals surface area (Å²) in [5.41, 5.74) is 0.289. The maximum Gasteiger partial charge on any atom is 0.416 e. The van der Waals surface area contributed by atoms with E-state index in [9.17, 15) is 13.2 Å². The SMILES string of the molecule is CC#CCC(Cc1ccc(C(F)(F)F)cc1)NCCC. The Kier molecular flexibility index (Phi) is 6.60. The van der Waals surface area contributed by atoms with Crippen LogP contribution in [0.2, 0.25) is 0 Å². The average Bonchev–Trinajstić information content (AvgIpc) is 2.41. The Bertz CT molecular complexity index is 451. The molecular formula is C16H20F3N. The van der Waals surface area contributed by atoms with Crippen LogP contribution >= 0.6 is 0 Å². The van der Waals surface area contributed by atoms with Crippen molar-refractivity contribution in [3.63, 3.8) is 0 Å². The van der Waals surface area contributed by atoms with Gasteiger partial charge in [-0.25, -0.2) is 0 Å². The molecule has 20 heavy (non-hydrogen) atoms. The van der Waals surface area contributed by atoms with Crippen molar-refractivity contribution in [3.05, 3.63) is 35.4 Å². The van der Waals surface area contributed by atoms with Crippen molar-refractivity contribution in [2.24, 2.45) is 0 Å². The molecule has 0 bridgehead atoms. The van der Waals surface area contributed by atoms with E-state index in [0.717, 1.165) is 30.7 Å². The number of alkyl halides is 3. The van der Waals surface area contributed by atoms with Gasteiger partial charge < -0.3 is 5.32 Å². The van der Waals surface area contributed by atoms with Gasteiger partial charge >= 0.3 is 6.18 Å². The third-order valence-corrected chi connectivity index (χ3v) is 2.97. The molecule has 0 radical (unpaired) electrons. The van der Waals surface area contributed by atoms with E-state index in [2.05, 4.69) is 24.1 Å². The van der Waals surface area contributed by atoms with Crippen molar-refractivity contribution in [2.45, 2.75) is 45.3 Å². The Morgan fingerprint density at radius 1 is 1.20 bits per heavy atom. The number of hydrogen-bond donors (Lipinski definition) is 1. The van der Waals surface area contributed by atoms with E-state index < -0.39 is 11.7 Å². The average molecular weight is 283 g/mol. The van der Waals surface area contributed by atoms with Gasteiger partial charge in [0.15, 0.2) is 0 Å². The molecule has 1 rings (SSSR count). The van der Waals surface area contributed by atoms with Gasteiger partial charge in [-0.1, -0.05) is 19.1 Å². The Labute approximate surface area is 118 Å². The normalized spacial score (nSPS) is 12.7. The van der Waals surface area contributed by atoms with Crippen LogP contribution in [-0.4, -0.2) is 12.6 Å². The first kappa shape index (κ1) is 16.6. The Morgan fingerprint density at radius 3 is 2.35 bits per heavy atom. The van der Waals surface area contributed by atoms with Gasteiger partial charge in [-0.05, 0) is 44.0 Å². The summed E-state index contributed by atoms with van der Waals surface area (Å²) in [5.74, 6) is 5.87.